The molecule has 0 atom stereocenters. The smallest absolute Gasteiger partial charge is 0.345 e. The maximum Gasteiger partial charge on any atom is 0.345 e. The maximum atomic E-state index is 11.7. The van der Waals surface area contributed by atoms with Gasteiger partial charge in [0.05, 0.1) is 30.7 Å². The van der Waals surface area contributed by atoms with Crippen molar-refractivity contribution in [3.8, 4) is 0 Å². The van der Waals surface area contributed by atoms with Crippen LogP contribution in [0.15, 0.2) is 18.2 Å². The molecule has 0 aliphatic carbocycles. The fourth-order valence-corrected chi connectivity index (χ4v) is 1.29. The molecule has 0 radical (unpaired) electrons. The monoisotopic (exact) mass is 260 g/mol. The lowest BCUT2D eigenvalue weighted by Gasteiger charge is -2.10. The molecule has 0 unspecified atom stereocenters. The van der Waals surface area contributed by atoms with Gasteiger partial charge in [0.25, 0.3) is 0 Å². The quantitative estimate of drug-likeness (QED) is 0.462. The molecule has 0 spiro atoms. The number of halogens is 2. The summed E-state index contributed by atoms with van der Waals surface area (Å²) in [6.45, 7) is -2.82. The molecule has 100 valence electrons. The lowest BCUT2D eigenvalue weighted by Crippen LogP contribution is -2.13. The van der Waals surface area contributed by atoms with E-state index in [4.69, 9.17) is 5.73 Å². The predicted molar refractivity (Wildman–Crippen MR) is 62.6 cm³/mol. The van der Waals surface area contributed by atoms with Crippen LogP contribution < -0.4 is 11.1 Å². The van der Waals surface area contributed by atoms with Crippen molar-refractivity contribution in [1.82, 2.24) is 0 Å². The number of nitrogens with one attached hydrogen (secondary N) is 1. The summed E-state index contributed by atoms with van der Waals surface area (Å²) in [5.41, 5.74) is 6.86. The summed E-state index contributed by atoms with van der Waals surface area (Å²) in [5.74, 6) is -0.498. The summed E-state index contributed by atoms with van der Waals surface area (Å²) < 4.78 is 32.1. The van der Waals surface area contributed by atoms with E-state index < -0.39 is 12.6 Å². The topological polar surface area (TPSA) is 73.6 Å². The number of alkyl halides is 2. The Bertz CT molecular complexity index is 413. The van der Waals surface area contributed by atoms with E-state index in [1.165, 1.54) is 25.3 Å². The zero-order valence-electron chi connectivity index (χ0n) is 9.78. The molecule has 0 saturated carbocycles. The summed E-state index contributed by atoms with van der Waals surface area (Å²) in [6.07, 6.45) is 0. The van der Waals surface area contributed by atoms with Gasteiger partial charge < -0.3 is 20.5 Å². The van der Waals surface area contributed by atoms with Gasteiger partial charge in [-0.1, -0.05) is 0 Å². The molecule has 1 rings (SSSR count). The Morgan fingerprint density at radius 1 is 1.50 bits per heavy atom. The van der Waals surface area contributed by atoms with Crippen LogP contribution in [0.3, 0.4) is 0 Å². The minimum Gasteiger partial charge on any atom is -0.465 e. The fourth-order valence-electron chi connectivity index (χ4n) is 1.29. The molecule has 0 aliphatic rings. The Labute approximate surface area is 103 Å². The van der Waals surface area contributed by atoms with Gasteiger partial charge in [-0.2, -0.15) is 8.78 Å². The maximum absolute atomic E-state index is 11.7. The third-order valence-corrected chi connectivity index (χ3v) is 2.14. The molecule has 3 N–H and O–H groups in total. The van der Waals surface area contributed by atoms with Gasteiger partial charge in [-0.05, 0) is 18.2 Å². The van der Waals surface area contributed by atoms with Gasteiger partial charge in [-0.3, -0.25) is 0 Å². The summed E-state index contributed by atoms with van der Waals surface area (Å²) in [5, 5.41) is 2.80. The van der Waals surface area contributed by atoms with Crippen molar-refractivity contribution in [2.45, 2.75) is 6.61 Å². The number of hydrogen-bond donors (Lipinski definition) is 2. The summed E-state index contributed by atoms with van der Waals surface area (Å²) in [4.78, 5) is 11.3. The first-order valence-corrected chi connectivity index (χ1v) is 5.16. The Hall–Kier alpha value is -1.89. The first kappa shape index (κ1) is 14.2. The van der Waals surface area contributed by atoms with Crippen molar-refractivity contribution >= 4 is 17.3 Å². The summed E-state index contributed by atoms with van der Waals surface area (Å²) in [6, 6.07) is 4.54. The van der Waals surface area contributed by atoms with Crippen molar-refractivity contribution in [2.75, 3.05) is 31.3 Å². The van der Waals surface area contributed by atoms with E-state index in [0.717, 1.165) is 0 Å². The van der Waals surface area contributed by atoms with Crippen molar-refractivity contribution < 1.29 is 23.0 Å². The molecule has 7 heteroatoms. The Balaban J connectivity index is 2.61. The average molecular weight is 260 g/mol. The van der Waals surface area contributed by atoms with Crippen LogP contribution in [0, 0.1) is 0 Å². The number of rotatable bonds is 6. The second-order valence-corrected chi connectivity index (χ2v) is 3.35. The summed E-state index contributed by atoms with van der Waals surface area (Å²) >= 11 is 0. The average Bonchev–Trinajstić information content (AvgIpc) is 2.35. The molecule has 1 aromatic carbocycles. The van der Waals surface area contributed by atoms with Gasteiger partial charge in [0, 0.05) is 6.54 Å². The molecule has 0 amide bonds. The standard InChI is InChI=1S/C11H14F2N2O3/c1-17-10(16)7-2-3-8(14)9(6-7)15-4-5-18-11(12)13/h2-3,6,11,15H,4-5,14H2,1H3. The van der Waals surface area contributed by atoms with Crippen LogP contribution in [0.1, 0.15) is 10.4 Å². The Kier molecular flexibility index (Phi) is 5.31. The van der Waals surface area contributed by atoms with Gasteiger partial charge in [-0.25, -0.2) is 4.79 Å². The number of anilines is 2. The second kappa shape index (κ2) is 6.75. The fraction of sp³-hybridized carbons (Fsp3) is 0.364. The van der Waals surface area contributed by atoms with E-state index in [-0.39, 0.29) is 13.2 Å². The third-order valence-electron chi connectivity index (χ3n) is 2.14. The van der Waals surface area contributed by atoms with E-state index in [9.17, 15) is 13.6 Å². The number of carbonyl (C=O) groups excluding carboxylic acids is 1. The molecule has 0 bridgehead atoms. The van der Waals surface area contributed by atoms with Crippen LogP contribution in [-0.2, 0) is 9.47 Å². The van der Waals surface area contributed by atoms with Gasteiger partial charge in [0.1, 0.15) is 0 Å². The van der Waals surface area contributed by atoms with E-state index in [1.54, 1.807) is 0 Å². The van der Waals surface area contributed by atoms with Gasteiger partial charge in [0.15, 0.2) is 0 Å². The van der Waals surface area contributed by atoms with Crippen molar-refractivity contribution in [3.63, 3.8) is 0 Å². The highest BCUT2D eigenvalue weighted by Crippen LogP contribution is 2.20. The molecule has 0 saturated heterocycles. The van der Waals surface area contributed by atoms with Crippen LogP contribution in [0.2, 0.25) is 0 Å². The molecular formula is C11H14F2N2O3. The Morgan fingerprint density at radius 3 is 2.83 bits per heavy atom. The van der Waals surface area contributed by atoms with E-state index in [0.29, 0.717) is 16.9 Å². The lowest BCUT2D eigenvalue weighted by atomic mass is 10.1. The number of benzene rings is 1. The van der Waals surface area contributed by atoms with E-state index in [1.807, 2.05) is 0 Å². The molecule has 0 aliphatic heterocycles. The normalized spacial score (nSPS) is 10.4. The molecule has 0 aromatic heterocycles. The van der Waals surface area contributed by atoms with Crippen LogP contribution >= 0.6 is 0 Å². The first-order valence-electron chi connectivity index (χ1n) is 5.16. The number of ether oxygens (including phenoxy) is 2. The number of nitrogens with two attached hydrogens (primary N) is 1. The van der Waals surface area contributed by atoms with Crippen molar-refractivity contribution in [1.29, 1.82) is 0 Å². The van der Waals surface area contributed by atoms with Gasteiger partial charge in [0.2, 0.25) is 0 Å². The molecule has 18 heavy (non-hydrogen) atoms. The van der Waals surface area contributed by atoms with Crippen LogP contribution in [0.5, 0.6) is 0 Å². The van der Waals surface area contributed by atoms with Crippen molar-refractivity contribution in [3.05, 3.63) is 23.8 Å². The van der Waals surface area contributed by atoms with Crippen LogP contribution in [0.25, 0.3) is 0 Å². The van der Waals surface area contributed by atoms with Gasteiger partial charge in [-0.15, -0.1) is 0 Å². The SMILES string of the molecule is COC(=O)c1ccc(N)c(NCCOC(F)F)c1. The molecule has 1 aromatic rings. The highest BCUT2D eigenvalue weighted by atomic mass is 19.3. The Morgan fingerprint density at radius 2 is 2.22 bits per heavy atom. The predicted octanol–water partition coefficient (Wildman–Crippen LogP) is 1.71. The van der Waals surface area contributed by atoms with E-state index in [2.05, 4.69) is 14.8 Å². The molecule has 0 fully saturated rings. The number of carbonyl (C=O) groups is 1. The zero-order chi connectivity index (χ0) is 13.5. The second-order valence-electron chi connectivity index (χ2n) is 3.35. The number of esters is 1. The van der Waals surface area contributed by atoms with E-state index >= 15 is 0 Å². The van der Waals surface area contributed by atoms with Crippen LogP contribution in [-0.4, -0.2) is 32.8 Å². The van der Waals surface area contributed by atoms with Crippen molar-refractivity contribution in [2.24, 2.45) is 0 Å². The third kappa shape index (κ3) is 4.17. The number of methoxy groups -OCH3 is 1. The highest BCUT2D eigenvalue weighted by molar-refractivity contribution is 5.91. The number of nitrogen functional groups attached to an aromatic ring is 1. The minimum atomic E-state index is -2.80. The first-order chi connectivity index (χ1) is 8.54. The van der Waals surface area contributed by atoms with Gasteiger partial charge >= 0.3 is 12.6 Å². The summed E-state index contributed by atoms with van der Waals surface area (Å²) in [7, 11) is 1.27. The molecule has 5 nitrogen and oxygen atoms in total. The number of hydrogen-bond acceptors (Lipinski definition) is 5. The highest BCUT2D eigenvalue weighted by Gasteiger charge is 2.08. The largest absolute Gasteiger partial charge is 0.465 e. The molecular weight excluding hydrogens is 246 g/mol. The lowest BCUT2D eigenvalue weighted by molar-refractivity contribution is -0.125. The van der Waals surface area contributed by atoms with Crippen LogP contribution in [0.4, 0.5) is 20.2 Å². The minimum absolute atomic E-state index is 0.152. The molecule has 0 heterocycles. The zero-order valence-corrected chi connectivity index (χ0v) is 9.78.